The largest absolute Gasteiger partial charge is 0.506 e. The van der Waals surface area contributed by atoms with E-state index in [4.69, 9.17) is 21.3 Å². The number of nitrogens with zero attached hydrogens (tertiary/aromatic N) is 3. The lowest BCUT2D eigenvalue weighted by Gasteiger charge is -2.24. The number of hydrogen-bond acceptors (Lipinski definition) is 6. The molecule has 4 N–H and O–H groups in total. The lowest BCUT2D eigenvalue weighted by molar-refractivity contribution is 0.240. The van der Waals surface area contributed by atoms with Gasteiger partial charge in [-0.2, -0.15) is 0 Å². The minimum atomic E-state index is -0.867. The maximum Gasteiger partial charge on any atom is 0.320 e. The van der Waals surface area contributed by atoms with Crippen molar-refractivity contribution in [1.29, 1.82) is 0 Å². The number of rotatable bonds is 9. The van der Waals surface area contributed by atoms with Crippen LogP contribution in [0.4, 0.5) is 10.5 Å². The van der Waals surface area contributed by atoms with Gasteiger partial charge in [0.05, 0.1) is 21.9 Å². The molecule has 0 saturated heterocycles. The first-order valence-corrected chi connectivity index (χ1v) is 12.5. The number of phenols is 1. The SMILES string of the molecule is CN(C)CCOc1ccc(NC(=O)NC(C)(C)c2nc(-c3ccc(Cl)c(O)c3)c(-c3ccncc3)[nH]2)cc1.Cl. The Balaban J connectivity index is 0.00000420. The van der Waals surface area contributed by atoms with Gasteiger partial charge < -0.3 is 30.4 Å². The summed E-state index contributed by atoms with van der Waals surface area (Å²) in [5, 5.41) is 16.3. The Kier molecular flexibility index (Phi) is 9.80. The van der Waals surface area contributed by atoms with Crippen molar-refractivity contribution in [3.05, 3.63) is 77.8 Å². The lowest BCUT2D eigenvalue weighted by Crippen LogP contribution is -2.44. The molecule has 0 atom stereocenters. The summed E-state index contributed by atoms with van der Waals surface area (Å²) in [7, 11) is 3.98. The molecule has 0 radical (unpaired) electrons. The van der Waals surface area contributed by atoms with E-state index in [0.717, 1.165) is 23.6 Å². The highest BCUT2D eigenvalue weighted by atomic mass is 35.5. The fourth-order valence-corrected chi connectivity index (χ4v) is 3.87. The smallest absolute Gasteiger partial charge is 0.320 e. The molecule has 4 rings (SSSR count). The van der Waals surface area contributed by atoms with Gasteiger partial charge in [-0.3, -0.25) is 4.98 Å². The molecule has 2 heterocycles. The molecular weight excluding hydrogens is 539 g/mol. The van der Waals surface area contributed by atoms with E-state index >= 15 is 0 Å². The summed E-state index contributed by atoms with van der Waals surface area (Å²) in [4.78, 5) is 27.2. The number of pyridine rings is 1. The van der Waals surface area contributed by atoms with E-state index in [0.29, 0.717) is 29.4 Å². The van der Waals surface area contributed by atoms with Crippen LogP contribution >= 0.6 is 24.0 Å². The summed E-state index contributed by atoms with van der Waals surface area (Å²) < 4.78 is 5.71. The third-order valence-corrected chi connectivity index (χ3v) is 6.15. The van der Waals surface area contributed by atoms with Gasteiger partial charge in [-0.1, -0.05) is 17.7 Å². The van der Waals surface area contributed by atoms with Crippen LogP contribution in [-0.4, -0.2) is 58.2 Å². The van der Waals surface area contributed by atoms with Gasteiger partial charge >= 0.3 is 6.03 Å². The number of hydrogen-bond donors (Lipinski definition) is 4. The molecule has 0 saturated carbocycles. The monoisotopic (exact) mass is 570 g/mol. The molecule has 0 fully saturated rings. The van der Waals surface area contributed by atoms with Crippen LogP contribution < -0.4 is 15.4 Å². The van der Waals surface area contributed by atoms with Gasteiger partial charge in [-0.15, -0.1) is 12.4 Å². The van der Waals surface area contributed by atoms with Crippen molar-refractivity contribution in [2.45, 2.75) is 19.4 Å². The zero-order valence-electron chi connectivity index (χ0n) is 22.2. The van der Waals surface area contributed by atoms with Crippen LogP contribution in [0.1, 0.15) is 19.7 Å². The number of ether oxygens (including phenoxy) is 1. The van der Waals surface area contributed by atoms with Crippen LogP contribution in [0.5, 0.6) is 11.5 Å². The van der Waals surface area contributed by atoms with Crippen molar-refractivity contribution >= 4 is 35.7 Å². The number of benzene rings is 2. The van der Waals surface area contributed by atoms with Gasteiger partial charge in [-0.25, -0.2) is 9.78 Å². The minimum absolute atomic E-state index is 0. The van der Waals surface area contributed by atoms with Crippen LogP contribution in [0.3, 0.4) is 0 Å². The van der Waals surface area contributed by atoms with Crippen molar-refractivity contribution in [1.82, 2.24) is 25.2 Å². The Morgan fingerprint density at radius 1 is 1.08 bits per heavy atom. The van der Waals surface area contributed by atoms with E-state index < -0.39 is 5.54 Å². The molecule has 2 amide bonds. The number of aromatic nitrogens is 3. The molecule has 2 aromatic carbocycles. The molecule has 0 spiro atoms. The highest BCUT2D eigenvalue weighted by Gasteiger charge is 2.29. The molecule has 39 heavy (non-hydrogen) atoms. The summed E-state index contributed by atoms with van der Waals surface area (Å²) in [5.74, 6) is 1.23. The predicted molar refractivity (Wildman–Crippen MR) is 157 cm³/mol. The Morgan fingerprint density at radius 3 is 2.41 bits per heavy atom. The van der Waals surface area contributed by atoms with Gasteiger partial charge in [0.2, 0.25) is 0 Å². The number of imidazole rings is 1. The number of aromatic amines is 1. The van der Waals surface area contributed by atoms with E-state index in [1.165, 1.54) is 0 Å². The summed E-state index contributed by atoms with van der Waals surface area (Å²) in [6.45, 7) is 5.10. The van der Waals surface area contributed by atoms with E-state index in [1.54, 1.807) is 42.7 Å². The number of aromatic hydroxyl groups is 1. The highest BCUT2D eigenvalue weighted by Crippen LogP contribution is 2.36. The van der Waals surface area contributed by atoms with Crippen molar-refractivity contribution in [3.8, 4) is 34.0 Å². The van der Waals surface area contributed by atoms with E-state index in [-0.39, 0.29) is 29.2 Å². The summed E-state index contributed by atoms with van der Waals surface area (Å²) >= 11 is 6.02. The molecule has 9 nitrogen and oxygen atoms in total. The Bertz CT molecular complexity index is 1390. The van der Waals surface area contributed by atoms with Crippen LogP contribution in [0.15, 0.2) is 67.0 Å². The van der Waals surface area contributed by atoms with Crippen molar-refractivity contribution in [2.24, 2.45) is 0 Å². The number of likely N-dealkylation sites (N-methyl/N-ethyl adjacent to an activating group) is 1. The second-order valence-electron chi connectivity index (χ2n) is 9.59. The maximum atomic E-state index is 12.9. The van der Waals surface area contributed by atoms with Gasteiger partial charge in [0, 0.05) is 35.8 Å². The minimum Gasteiger partial charge on any atom is -0.506 e. The number of urea groups is 1. The van der Waals surface area contributed by atoms with Crippen LogP contribution in [-0.2, 0) is 5.54 Å². The molecular formula is C28H32Cl2N6O3. The van der Waals surface area contributed by atoms with Gasteiger partial charge in [0.1, 0.15) is 23.9 Å². The number of H-pyrrole nitrogens is 1. The highest BCUT2D eigenvalue weighted by molar-refractivity contribution is 6.32. The number of amides is 2. The van der Waals surface area contributed by atoms with Crippen molar-refractivity contribution < 1.29 is 14.6 Å². The fourth-order valence-electron chi connectivity index (χ4n) is 3.75. The standard InChI is InChI=1S/C28H31ClN6O3.ClH/c1-28(2,34-27(37)31-20-6-8-21(9-7-20)38-16-15-35(3)4)26-32-24(18-11-13-30-14-12-18)25(33-26)19-5-10-22(29)23(36)17-19;/h5-14,17,36H,15-16H2,1-4H3,(H,32,33)(H2,31,34,37);1H. The maximum absolute atomic E-state index is 12.9. The number of anilines is 1. The Labute approximate surface area is 239 Å². The average molecular weight is 572 g/mol. The molecule has 2 aromatic heterocycles. The number of phenolic OH excluding ortho intramolecular Hbond substituents is 1. The van der Waals surface area contributed by atoms with Crippen molar-refractivity contribution in [3.63, 3.8) is 0 Å². The molecule has 0 aliphatic carbocycles. The second kappa shape index (κ2) is 12.8. The summed E-state index contributed by atoms with van der Waals surface area (Å²) in [6, 6.07) is 15.5. The first kappa shape index (κ1) is 29.8. The third kappa shape index (κ3) is 7.63. The Hall–Kier alpha value is -3.79. The van der Waals surface area contributed by atoms with Gasteiger partial charge in [0.15, 0.2) is 0 Å². The molecule has 0 aliphatic heterocycles. The number of nitrogens with one attached hydrogen (secondary N) is 3. The zero-order valence-corrected chi connectivity index (χ0v) is 23.7. The first-order chi connectivity index (χ1) is 18.1. The zero-order chi connectivity index (χ0) is 27.3. The summed E-state index contributed by atoms with van der Waals surface area (Å²) in [5.41, 5.74) is 2.63. The third-order valence-electron chi connectivity index (χ3n) is 5.83. The molecule has 206 valence electrons. The summed E-state index contributed by atoms with van der Waals surface area (Å²) in [6.07, 6.45) is 3.38. The number of halogens is 2. The first-order valence-electron chi connectivity index (χ1n) is 12.1. The van der Waals surface area contributed by atoms with Crippen LogP contribution in [0, 0.1) is 0 Å². The van der Waals surface area contributed by atoms with E-state index in [2.05, 4.69) is 20.6 Å². The molecule has 11 heteroatoms. The average Bonchev–Trinajstić information content (AvgIpc) is 3.33. The van der Waals surface area contributed by atoms with Crippen molar-refractivity contribution in [2.75, 3.05) is 32.6 Å². The van der Waals surface area contributed by atoms with Crippen LogP contribution in [0.25, 0.3) is 22.5 Å². The number of carbonyl (C=O) groups is 1. The van der Waals surface area contributed by atoms with E-state index in [1.807, 2.05) is 57.1 Å². The van der Waals surface area contributed by atoms with Gasteiger partial charge in [0.25, 0.3) is 0 Å². The van der Waals surface area contributed by atoms with E-state index in [9.17, 15) is 9.90 Å². The molecule has 0 bridgehead atoms. The lowest BCUT2D eigenvalue weighted by atomic mass is 10.1. The molecule has 4 aromatic rings. The topological polar surface area (TPSA) is 115 Å². The molecule has 0 unspecified atom stereocenters. The second-order valence-corrected chi connectivity index (χ2v) is 10.00. The normalized spacial score (nSPS) is 11.1. The molecule has 0 aliphatic rings. The predicted octanol–water partition coefficient (Wildman–Crippen LogP) is 5.92. The number of carbonyl (C=O) groups excluding carboxylic acids is 1. The fraction of sp³-hybridized carbons (Fsp3) is 0.250. The quantitative estimate of drug-likeness (QED) is 0.198. The van der Waals surface area contributed by atoms with Gasteiger partial charge in [-0.05, 0) is 76.5 Å². The Morgan fingerprint density at radius 2 is 1.77 bits per heavy atom. The van der Waals surface area contributed by atoms with Crippen LogP contribution in [0.2, 0.25) is 5.02 Å².